The average Bonchev–Trinajstić information content (AvgIpc) is 2.87. The third-order valence-electron chi connectivity index (χ3n) is 4.52. The van der Waals surface area contributed by atoms with Crippen molar-refractivity contribution in [3.8, 4) is 0 Å². The van der Waals surface area contributed by atoms with Crippen LogP contribution in [0.3, 0.4) is 0 Å². The summed E-state index contributed by atoms with van der Waals surface area (Å²) in [6, 6.07) is 0. The molecule has 0 aliphatic heterocycles. The van der Waals surface area contributed by atoms with E-state index in [2.05, 4.69) is 38.0 Å². The van der Waals surface area contributed by atoms with Gasteiger partial charge in [-0.2, -0.15) is 0 Å². The van der Waals surface area contributed by atoms with E-state index in [0.29, 0.717) is 5.13 Å². The summed E-state index contributed by atoms with van der Waals surface area (Å²) in [7, 11) is 0. The maximum absolute atomic E-state index is 10.9. The summed E-state index contributed by atoms with van der Waals surface area (Å²) in [6.45, 7) is 8.89. The second-order valence-corrected chi connectivity index (χ2v) is 21.5. The number of aryl methyl sites for hydroxylation is 1. The standard InChI is InChI=1S/C5H5N2O2S.3C4H9.Sn/c1-3-2-10-4(6-3)7-5(8)9;3*1-3-4-2;/h1H3,(H,6,7)(H,8,9);3*1,3-4H2,2H3;. The number of hydrogen-bond acceptors (Lipinski definition) is 3. The Morgan fingerprint density at radius 3 is 1.96 bits per heavy atom. The van der Waals surface area contributed by atoms with E-state index >= 15 is 0 Å². The van der Waals surface area contributed by atoms with Crippen LogP contribution < -0.4 is 8.21 Å². The van der Waals surface area contributed by atoms with Crippen LogP contribution in [0.2, 0.25) is 13.3 Å². The molecule has 1 amide bonds. The fourth-order valence-corrected chi connectivity index (χ4v) is 24.2. The van der Waals surface area contributed by atoms with Crippen molar-refractivity contribution in [1.82, 2.24) is 4.98 Å². The summed E-state index contributed by atoms with van der Waals surface area (Å²) in [5.74, 6) is 0. The number of unbranched alkanes of at least 4 members (excludes halogenated alkanes) is 3. The van der Waals surface area contributed by atoms with Crippen molar-refractivity contribution in [3.05, 3.63) is 5.69 Å². The number of hydrogen-bond donors (Lipinski definition) is 2. The van der Waals surface area contributed by atoms with E-state index in [1.54, 1.807) is 11.3 Å². The molecule has 0 bridgehead atoms. The Morgan fingerprint density at radius 2 is 1.57 bits per heavy atom. The number of carboxylic acid groups (broad SMARTS) is 1. The fraction of sp³-hybridized carbons (Fsp3) is 0.765. The van der Waals surface area contributed by atoms with Crippen molar-refractivity contribution in [2.75, 3.05) is 5.32 Å². The average molecular weight is 447 g/mol. The number of anilines is 1. The Balaban J connectivity index is 3.17. The summed E-state index contributed by atoms with van der Waals surface area (Å²) in [5, 5.41) is 12.0. The number of amides is 1. The van der Waals surface area contributed by atoms with E-state index in [-0.39, 0.29) is 0 Å². The van der Waals surface area contributed by atoms with Gasteiger partial charge in [0.2, 0.25) is 0 Å². The monoisotopic (exact) mass is 448 g/mol. The summed E-state index contributed by atoms with van der Waals surface area (Å²) in [4.78, 5) is 15.4. The molecule has 0 aliphatic carbocycles. The van der Waals surface area contributed by atoms with Gasteiger partial charge in [-0.25, -0.2) is 0 Å². The Morgan fingerprint density at radius 1 is 1.09 bits per heavy atom. The van der Waals surface area contributed by atoms with Crippen molar-refractivity contribution in [3.63, 3.8) is 0 Å². The second-order valence-electron chi connectivity index (χ2n) is 6.45. The van der Waals surface area contributed by atoms with Gasteiger partial charge in [0.05, 0.1) is 0 Å². The first kappa shape index (κ1) is 20.7. The van der Waals surface area contributed by atoms with E-state index in [1.165, 1.54) is 54.7 Å². The molecule has 0 fully saturated rings. The molecule has 1 aromatic heterocycles. The van der Waals surface area contributed by atoms with E-state index < -0.39 is 24.5 Å². The Hall–Kier alpha value is -0.301. The summed E-state index contributed by atoms with van der Waals surface area (Å²) >= 11 is -0.848. The number of thiazole rings is 1. The first-order chi connectivity index (χ1) is 11.0. The molecule has 0 aliphatic rings. The van der Waals surface area contributed by atoms with Gasteiger partial charge in [-0.05, 0) is 0 Å². The molecule has 6 heteroatoms. The number of rotatable bonds is 11. The van der Waals surface area contributed by atoms with Crippen LogP contribution >= 0.6 is 11.3 Å². The second kappa shape index (κ2) is 10.5. The van der Waals surface area contributed by atoms with Gasteiger partial charge >= 0.3 is 149 Å². The first-order valence-corrected chi connectivity index (χ1v) is 17.3. The molecule has 0 aromatic carbocycles. The summed E-state index contributed by atoms with van der Waals surface area (Å²) in [6.07, 6.45) is 6.65. The third kappa shape index (κ3) is 6.25. The molecule has 1 heterocycles. The number of nitrogens with one attached hydrogen (secondary N) is 1. The van der Waals surface area contributed by atoms with Gasteiger partial charge in [-0.15, -0.1) is 0 Å². The maximum atomic E-state index is 10.9. The Kier molecular flexibility index (Phi) is 9.51. The van der Waals surface area contributed by atoms with Crippen molar-refractivity contribution in [2.24, 2.45) is 0 Å². The van der Waals surface area contributed by atoms with E-state index in [9.17, 15) is 4.79 Å². The van der Waals surface area contributed by atoms with Crippen molar-refractivity contribution < 1.29 is 9.90 Å². The van der Waals surface area contributed by atoms with Crippen LogP contribution in [0.5, 0.6) is 0 Å². The van der Waals surface area contributed by atoms with Gasteiger partial charge in [0.25, 0.3) is 0 Å². The molecule has 0 atom stereocenters. The Bertz CT molecular complexity index is 469. The molecule has 0 saturated heterocycles. The topological polar surface area (TPSA) is 62.2 Å². The zero-order valence-electron chi connectivity index (χ0n) is 15.1. The van der Waals surface area contributed by atoms with Crippen LogP contribution in [0.4, 0.5) is 9.93 Å². The molecule has 23 heavy (non-hydrogen) atoms. The van der Waals surface area contributed by atoms with Crippen molar-refractivity contribution >= 4 is 43.8 Å². The van der Waals surface area contributed by atoms with Crippen LogP contribution in [-0.4, -0.2) is 34.6 Å². The van der Waals surface area contributed by atoms with Gasteiger partial charge in [-0.1, -0.05) is 0 Å². The molecule has 2 N–H and O–H groups in total. The van der Waals surface area contributed by atoms with E-state index in [1.807, 2.05) is 0 Å². The minimum atomic E-state index is -2.48. The normalized spacial score (nSPS) is 11.7. The minimum absolute atomic E-state index is 0.565. The molecule has 0 radical (unpaired) electrons. The molecular formula is C17H32N2O2SSn. The van der Waals surface area contributed by atoms with Gasteiger partial charge in [0.1, 0.15) is 0 Å². The van der Waals surface area contributed by atoms with Crippen LogP contribution in [0, 0.1) is 6.92 Å². The van der Waals surface area contributed by atoms with Crippen molar-refractivity contribution in [2.45, 2.75) is 79.5 Å². The molecule has 0 spiro atoms. The van der Waals surface area contributed by atoms with E-state index in [4.69, 9.17) is 5.11 Å². The SMILES string of the molecule is CCC[CH2][Sn]([CH2]CCC)([CH2]CCC)[c]1sc(NC(=O)O)nc1C. The quantitative estimate of drug-likeness (QED) is 0.435. The molecule has 1 rings (SSSR count). The van der Waals surface area contributed by atoms with Crippen LogP contribution in [-0.2, 0) is 0 Å². The van der Waals surface area contributed by atoms with Crippen LogP contribution in [0.1, 0.15) is 65.0 Å². The fourth-order valence-electron chi connectivity index (χ4n) is 3.29. The number of carbonyl (C=O) groups is 1. The van der Waals surface area contributed by atoms with Crippen LogP contribution in [0.15, 0.2) is 0 Å². The van der Waals surface area contributed by atoms with Gasteiger partial charge in [-0.3, -0.25) is 0 Å². The summed E-state index contributed by atoms with van der Waals surface area (Å²) in [5.41, 5.74) is 1.10. The molecule has 132 valence electrons. The molecule has 1 aromatic rings. The number of nitrogens with zero attached hydrogens (tertiary/aromatic N) is 1. The third-order valence-corrected chi connectivity index (χ3v) is 24.2. The molecular weight excluding hydrogens is 415 g/mol. The molecule has 0 unspecified atom stereocenters. The van der Waals surface area contributed by atoms with Crippen LogP contribution in [0.25, 0.3) is 0 Å². The molecule has 0 saturated carbocycles. The molecule has 4 nitrogen and oxygen atoms in total. The predicted octanol–water partition coefficient (Wildman–Crippen LogP) is 5.60. The predicted molar refractivity (Wildman–Crippen MR) is 103 cm³/mol. The van der Waals surface area contributed by atoms with Gasteiger partial charge in [0.15, 0.2) is 0 Å². The Labute approximate surface area is 149 Å². The van der Waals surface area contributed by atoms with E-state index in [0.717, 1.165) is 5.69 Å². The zero-order valence-corrected chi connectivity index (χ0v) is 18.7. The van der Waals surface area contributed by atoms with Crippen molar-refractivity contribution in [1.29, 1.82) is 0 Å². The first-order valence-electron chi connectivity index (χ1n) is 8.97. The van der Waals surface area contributed by atoms with Gasteiger partial charge < -0.3 is 0 Å². The van der Waals surface area contributed by atoms with Gasteiger partial charge in [0, 0.05) is 0 Å². The summed E-state index contributed by atoms with van der Waals surface area (Å²) < 4.78 is 5.68. The number of aromatic nitrogens is 1. The zero-order chi connectivity index (χ0) is 17.3.